The molecule has 1 aromatic heterocycles. The van der Waals surface area contributed by atoms with Crippen molar-refractivity contribution in [2.45, 2.75) is 45.1 Å². The van der Waals surface area contributed by atoms with Crippen LogP contribution in [0.15, 0.2) is 24.3 Å². The maximum atomic E-state index is 12.9. The van der Waals surface area contributed by atoms with Crippen molar-refractivity contribution in [2.24, 2.45) is 5.73 Å². The second-order valence-electron chi connectivity index (χ2n) is 6.86. The molecule has 0 saturated carbocycles. The van der Waals surface area contributed by atoms with Crippen LogP contribution in [0.1, 0.15) is 47.1 Å². The first-order valence-electron chi connectivity index (χ1n) is 8.92. The lowest BCUT2D eigenvalue weighted by Crippen LogP contribution is -2.32. The van der Waals surface area contributed by atoms with Crippen LogP contribution in [0.5, 0.6) is 0 Å². The van der Waals surface area contributed by atoms with Gasteiger partial charge in [-0.25, -0.2) is 4.68 Å². The molecule has 0 radical (unpaired) electrons. The molecular formula is C19H25ClN4O. The van der Waals surface area contributed by atoms with Crippen LogP contribution in [0, 0.1) is 0 Å². The molecule has 5 nitrogen and oxygen atoms in total. The summed E-state index contributed by atoms with van der Waals surface area (Å²) in [5, 5.41) is 4.71. The van der Waals surface area contributed by atoms with Gasteiger partial charge < -0.3 is 10.6 Å². The van der Waals surface area contributed by atoms with E-state index in [1.807, 2.05) is 9.58 Å². The number of aromatic nitrogens is 2. The second kappa shape index (κ2) is 7.18. The number of likely N-dealkylation sites (tertiary alicyclic amines) is 1. The standard InChI is InChI=1S/C19H24N4O.ClH/c1-2-13-6-8-15(9-7-13)23-17-5-3-4-16(17)18(21-23)19(24)22-11-10-14(20)12-22;/h6-9,14H,2-5,10-12,20H2,1H3;1H/t14-;/m1./s1. The second-order valence-corrected chi connectivity index (χ2v) is 6.86. The van der Waals surface area contributed by atoms with Crippen molar-refractivity contribution in [1.82, 2.24) is 14.7 Å². The monoisotopic (exact) mass is 360 g/mol. The van der Waals surface area contributed by atoms with Crippen molar-refractivity contribution < 1.29 is 4.79 Å². The van der Waals surface area contributed by atoms with Gasteiger partial charge in [0.25, 0.3) is 5.91 Å². The Morgan fingerprint density at radius 3 is 2.68 bits per heavy atom. The number of nitrogens with zero attached hydrogens (tertiary/aromatic N) is 3. The van der Waals surface area contributed by atoms with Crippen LogP contribution in [-0.2, 0) is 19.3 Å². The lowest BCUT2D eigenvalue weighted by Gasteiger charge is -2.14. The summed E-state index contributed by atoms with van der Waals surface area (Å²) in [6.45, 7) is 3.54. The maximum absolute atomic E-state index is 12.9. The summed E-state index contributed by atoms with van der Waals surface area (Å²) in [7, 11) is 0. The summed E-state index contributed by atoms with van der Waals surface area (Å²) in [5.74, 6) is 0.0463. The minimum absolute atomic E-state index is 0. The number of carbonyl (C=O) groups excluding carboxylic acids is 1. The first-order chi connectivity index (χ1) is 11.7. The summed E-state index contributed by atoms with van der Waals surface area (Å²) in [6.07, 6.45) is 4.94. The third kappa shape index (κ3) is 3.18. The molecule has 2 aromatic rings. The largest absolute Gasteiger partial charge is 0.336 e. The van der Waals surface area contributed by atoms with E-state index in [9.17, 15) is 4.79 Å². The fraction of sp³-hybridized carbons (Fsp3) is 0.474. The van der Waals surface area contributed by atoms with Gasteiger partial charge in [-0.05, 0) is 49.8 Å². The molecule has 1 aliphatic heterocycles. The number of hydrogen-bond donors (Lipinski definition) is 1. The summed E-state index contributed by atoms with van der Waals surface area (Å²) >= 11 is 0. The van der Waals surface area contributed by atoms with Crippen LogP contribution in [0.3, 0.4) is 0 Å². The lowest BCUT2D eigenvalue weighted by atomic mass is 10.1. The van der Waals surface area contributed by atoms with E-state index in [0.29, 0.717) is 12.2 Å². The van der Waals surface area contributed by atoms with Gasteiger partial charge in [0.1, 0.15) is 0 Å². The number of aryl methyl sites for hydroxylation is 1. The molecule has 1 fully saturated rings. The Bertz CT molecular complexity index is 768. The SMILES string of the molecule is CCc1ccc(-n2nc(C(=O)N3CC[C@@H](N)C3)c3c2CCC3)cc1.Cl. The van der Waals surface area contributed by atoms with E-state index in [0.717, 1.165) is 49.9 Å². The number of benzene rings is 1. The normalized spacial score (nSPS) is 19.0. The minimum Gasteiger partial charge on any atom is -0.336 e. The molecule has 134 valence electrons. The van der Waals surface area contributed by atoms with Crippen LogP contribution >= 0.6 is 12.4 Å². The Kier molecular flexibility index (Phi) is 5.16. The molecule has 0 bridgehead atoms. The van der Waals surface area contributed by atoms with E-state index in [2.05, 4.69) is 31.2 Å². The Hall–Kier alpha value is -1.85. The molecule has 2 aliphatic rings. The first kappa shape index (κ1) is 18.0. The highest BCUT2D eigenvalue weighted by atomic mass is 35.5. The van der Waals surface area contributed by atoms with Gasteiger partial charge in [0, 0.05) is 30.4 Å². The molecule has 0 spiro atoms. The number of amides is 1. The predicted octanol–water partition coefficient (Wildman–Crippen LogP) is 2.52. The van der Waals surface area contributed by atoms with E-state index in [1.165, 1.54) is 11.3 Å². The quantitative estimate of drug-likeness (QED) is 0.914. The molecule has 25 heavy (non-hydrogen) atoms. The summed E-state index contributed by atoms with van der Waals surface area (Å²) in [5.41, 5.74) is 11.3. The smallest absolute Gasteiger partial charge is 0.274 e. The highest BCUT2D eigenvalue weighted by Crippen LogP contribution is 2.29. The zero-order valence-corrected chi connectivity index (χ0v) is 15.4. The fourth-order valence-corrected chi connectivity index (χ4v) is 3.82. The van der Waals surface area contributed by atoms with Crippen molar-refractivity contribution in [2.75, 3.05) is 13.1 Å². The number of carbonyl (C=O) groups is 1. The molecule has 1 amide bonds. The van der Waals surface area contributed by atoms with Gasteiger partial charge in [0.05, 0.1) is 5.69 Å². The van der Waals surface area contributed by atoms with Gasteiger partial charge in [-0.2, -0.15) is 5.10 Å². The Morgan fingerprint density at radius 2 is 2.04 bits per heavy atom. The van der Waals surface area contributed by atoms with Crippen LogP contribution in [0.2, 0.25) is 0 Å². The van der Waals surface area contributed by atoms with Crippen LogP contribution < -0.4 is 5.73 Å². The van der Waals surface area contributed by atoms with Gasteiger partial charge in [-0.3, -0.25) is 4.79 Å². The van der Waals surface area contributed by atoms with Gasteiger partial charge in [0.15, 0.2) is 5.69 Å². The third-order valence-electron chi connectivity index (χ3n) is 5.23. The Labute approximate surface area is 154 Å². The van der Waals surface area contributed by atoms with E-state index in [-0.39, 0.29) is 24.4 Å². The van der Waals surface area contributed by atoms with Crippen molar-refractivity contribution in [3.63, 3.8) is 0 Å². The Morgan fingerprint density at radius 1 is 1.28 bits per heavy atom. The summed E-state index contributed by atoms with van der Waals surface area (Å²) in [4.78, 5) is 14.7. The molecule has 6 heteroatoms. The van der Waals surface area contributed by atoms with Crippen molar-refractivity contribution >= 4 is 18.3 Å². The number of nitrogens with two attached hydrogens (primary N) is 1. The number of hydrogen-bond acceptors (Lipinski definition) is 3. The van der Waals surface area contributed by atoms with Gasteiger partial charge in [-0.15, -0.1) is 12.4 Å². The summed E-state index contributed by atoms with van der Waals surface area (Å²) < 4.78 is 1.98. The van der Waals surface area contributed by atoms with Crippen LogP contribution in [0.4, 0.5) is 0 Å². The third-order valence-corrected chi connectivity index (χ3v) is 5.23. The zero-order chi connectivity index (χ0) is 16.7. The highest BCUT2D eigenvalue weighted by molar-refractivity contribution is 5.94. The van der Waals surface area contributed by atoms with Crippen molar-refractivity contribution in [1.29, 1.82) is 0 Å². The van der Waals surface area contributed by atoms with E-state index in [1.54, 1.807) is 0 Å². The van der Waals surface area contributed by atoms with Crippen LogP contribution in [-0.4, -0.2) is 39.7 Å². The lowest BCUT2D eigenvalue weighted by molar-refractivity contribution is 0.0783. The van der Waals surface area contributed by atoms with E-state index >= 15 is 0 Å². The molecule has 4 rings (SSSR count). The molecule has 1 atom stereocenters. The van der Waals surface area contributed by atoms with Gasteiger partial charge in [0.2, 0.25) is 0 Å². The highest BCUT2D eigenvalue weighted by Gasteiger charge is 2.32. The molecule has 2 N–H and O–H groups in total. The summed E-state index contributed by atoms with van der Waals surface area (Å²) in [6, 6.07) is 8.58. The van der Waals surface area contributed by atoms with E-state index < -0.39 is 0 Å². The molecule has 0 unspecified atom stereocenters. The maximum Gasteiger partial charge on any atom is 0.274 e. The average molecular weight is 361 g/mol. The van der Waals surface area contributed by atoms with Crippen molar-refractivity contribution in [3.05, 3.63) is 46.8 Å². The molecule has 2 heterocycles. The first-order valence-corrected chi connectivity index (χ1v) is 8.92. The van der Waals surface area contributed by atoms with Gasteiger partial charge in [-0.1, -0.05) is 19.1 Å². The number of fused-ring (bicyclic) bond motifs is 1. The number of rotatable bonds is 3. The van der Waals surface area contributed by atoms with Gasteiger partial charge >= 0.3 is 0 Å². The van der Waals surface area contributed by atoms with E-state index in [4.69, 9.17) is 10.8 Å². The topological polar surface area (TPSA) is 64.2 Å². The molecular weight excluding hydrogens is 336 g/mol. The fourth-order valence-electron chi connectivity index (χ4n) is 3.82. The molecule has 1 aromatic carbocycles. The molecule has 1 saturated heterocycles. The van der Waals surface area contributed by atoms with Crippen molar-refractivity contribution in [3.8, 4) is 5.69 Å². The van der Waals surface area contributed by atoms with Crippen LogP contribution in [0.25, 0.3) is 5.69 Å². The predicted molar refractivity (Wildman–Crippen MR) is 101 cm³/mol. The zero-order valence-electron chi connectivity index (χ0n) is 14.6. The average Bonchev–Trinajstić information content (AvgIpc) is 3.30. The Balaban J connectivity index is 0.00000182. The minimum atomic E-state index is 0. The molecule has 1 aliphatic carbocycles. The number of halogens is 1.